The Balaban J connectivity index is 1.93. The van der Waals surface area contributed by atoms with Crippen LogP contribution in [-0.4, -0.2) is 15.9 Å². The molecule has 0 saturated carbocycles. The predicted molar refractivity (Wildman–Crippen MR) is 103 cm³/mol. The van der Waals surface area contributed by atoms with Gasteiger partial charge in [-0.2, -0.15) is 0 Å². The molecule has 25 heavy (non-hydrogen) atoms. The summed E-state index contributed by atoms with van der Waals surface area (Å²) in [4.78, 5) is 21.9. The zero-order valence-electron chi connectivity index (χ0n) is 12.5. The van der Waals surface area contributed by atoms with Crippen LogP contribution in [0.1, 0.15) is 5.56 Å². The van der Waals surface area contributed by atoms with E-state index in [1.807, 2.05) is 0 Å². The number of carbonyl (C=O) groups is 1. The summed E-state index contributed by atoms with van der Waals surface area (Å²) in [6, 6.07) is 10.6. The van der Waals surface area contributed by atoms with Gasteiger partial charge in [-0.25, -0.2) is 0 Å². The van der Waals surface area contributed by atoms with Crippen molar-refractivity contribution in [3.63, 3.8) is 0 Å². The molecule has 0 unspecified atom stereocenters. The standard InChI is InChI=1S/C16H11Cl2N3O3S/c17-11-4-7-13(18)14(9-11)19-16(25)20-15(22)8-3-10-1-5-12(6-2-10)21(23)24/h1-9H,(H2,19,20,22,25)/b8-3+. The molecule has 0 aliphatic carbocycles. The van der Waals surface area contributed by atoms with Gasteiger partial charge in [0.1, 0.15) is 0 Å². The Morgan fingerprint density at radius 1 is 1.16 bits per heavy atom. The third-order valence-corrected chi connectivity index (χ3v) is 3.71. The summed E-state index contributed by atoms with van der Waals surface area (Å²) in [5, 5.41) is 16.7. The number of nitrogens with one attached hydrogen (secondary N) is 2. The van der Waals surface area contributed by atoms with Crippen LogP contribution in [-0.2, 0) is 4.79 Å². The molecule has 2 rings (SSSR count). The molecule has 0 heterocycles. The highest BCUT2D eigenvalue weighted by Gasteiger charge is 2.06. The number of amides is 1. The number of nitrogens with zero attached hydrogens (tertiary/aromatic N) is 1. The van der Waals surface area contributed by atoms with Crippen LogP contribution in [0.5, 0.6) is 0 Å². The molecule has 2 aromatic carbocycles. The molecule has 0 aromatic heterocycles. The maximum absolute atomic E-state index is 11.9. The number of nitro groups is 1. The van der Waals surface area contributed by atoms with Crippen LogP contribution >= 0.6 is 35.4 Å². The lowest BCUT2D eigenvalue weighted by Crippen LogP contribution is -2.32. The van der Waals surface area contributed by atoms with Gasteiger partial charge in [-0.3, -0.25) is 20.2 Å². The molecular weight excluding hydrogens is 385 g/mol. The van der Waals surface area contributed by atoms with Gasteiger partial charge in [0.25, 0.3) is 5.69 Å². The fourth-order valence-corrected chi connectivity index (χ4v) is 2.33. The second kappa shape index (κ2) is 8.57. The maximum atomic E-state index is 11.9. The number of benzene rings is 2. The lowest BCUT2D eigenvalue weighted by Gasteiger charge is -2.10. The fraction of sp³-hybridized carbons (Fsp3) is 0. The second-order valence-electron chi connectivity index (χ2n) is 4.75. The van der Waals surface area contributed by atoms with E-state index in [4.69, 9.17) is 35.4 Å². The van der Waals surface area contributed by atoms with Crippen molar-refractivity contribution in [3.8, 4) is 0 Å². The van der Waals surface area contributed by atoms with Gasteiger partial charge in [0.05, 0.1) is 15.6 Å². The van der Waals surface area contributed by atoms with Crippen LogP contribution in [0.4, 0.5) is 11.4 Å². The highest BCUT2D eigenvalue weighted by molar-refractivity contribution is 7.80. The molecule has 0 bridgehead atoms. The number of thiocarbonyl (C=S) groups is 1. The Morgan fingerprint density at radius 2 is 1.84 bits per heavy atom. The van der Waals surface area contributed by atoms with Gasteiger partial charge in [0, 0.05) is 23.2 Å². The first kappa shape index (κ1) is 18.9. The normalized spacial score (nSPS) is 10.5. The van der Waals surface area contributed by atoms with Crippen LogP contribution < -0.4 is 10.6 Å². The number of non-ortho nitro benzene ring substituents is 1. The first-order chi connectivity index (χ1) is 11.8. The number of carbonyl (C=O) groups excluding carboxylic acids is 1. The molecule has 2 N–H and O–H groups in total. The van der Waals surface area contributed by atoms with Gasteiger partial charge in [0.15, 0.2) is 5.11 Å². The van der Waals surface area contributed by atoms with Crippen LogP contribution in [0, 0.1) is 10.1 Å². The Labute approximate surface area is 158 Å². The lowest BCUT2D eigenvalue weighted by atomic mass is 10.2. The first-order valence-corrected chi connectivity index (χ1v) is 8.01. The molecule has 0 fully saturated rings. The minimum absolute atomic E-state index is 0.0228. The Morgan fingerprint density at radius 3 is 2.48 bits per heavy atom. The number of halogens is 2. The largest absolute Gasteiger partial charge is 0.331 e. The quantitative estimate of drug-likeness (QED) is 0.346. The van der Waals surface area contributed by atoms with E-state index >= 15 is 0 Å². The van der Waals surface area contributed by atoms with E-state index in [2.05, 4.69) is 10.6 Å². The van der Waals surface area contributed by atoms with Crippen molar-refractivity contribution < 1.29 is 9.72 Å². The topological polar surface area (TPSA) is 84.3 Å². The van der Waals surface area contributed by atoms with Gasteiger partial charge in [-0.15, -0.1) is 0 Å². The van der Waals surface area contributed by atoms with Crippen molar-refractivity contribution in [1.82, 2.24) is 5.32 Å². The minimum Gasteiger partial charge on any atom is -0.331 e. The molecule has 6 nitrogen and oxygen atoms in total. The molecule has 0 aliphatic rings. The van der Waals surface area contributed by atoms with Crippen LogP contribution in [0.3, 0.4) is 0 Å². The third-order valence-electron chi connectivity index (χ3n) is 2.94. The molecule has 0 aliphatic heterocycles. The molecule has 0 radical (unpaired) electrons. The van der Waals surface area contributed by atoms with E-state index in [-0.39, 0.29) is 10.8 Å². The zero-order valence-corrected chi connectivity index (χ0v) is 14.9. The van der Waals surface area contributed by atoms with E-state index in [0.717, 1.165) is 0 Å². The van der Waals surface area contributed by atoms with Crippen LogP contribution in [0.2, 0.25) is 10.0 Å². The summed E-state index contributed by atoms with van der Waals surface area (Å²) in [7, 11) is 0. The average Bonchev–Trinajstić information content (AvgIpc) is 2.56. The molecule has 9 heteroatoms. The number of rotatable bonds is 4. The number of nitro benzene ring substituents is 1. The highest BCUT2D eigenvalue weighted by Crippen LogP contribution is 2.25. The monoisotopic (exact) mass is 395 g/mol. The van der Waals surface area contributed by atoms with E-state index in [1.165, 1.54) is 36.4 Å². The molecule has 1 amide bonds. The van der Waals surface area contributed by atoms with Crippen molar-refractivity contribution in [2.75, 3.05) is 5.32 Å². The summed E-state index contributed by atoms with van der Waals surface area (Å²) < 4.78 is 0. The van der Waals surface area contributed by atoms with E-state index in [0.29, 0.717) is 21.3 Å². The summed E-state index contributed by atoms with van der Waals surface area (Å²) in [6.45, 7) is 0. The molecule has 0 spiro atoms. The van der Waals surface area contributed by atoms with Crippen molar-refractivity contribution in [2.24, 2.45) is 0 Å². The molecule has 2 aromatic rings. The molecular formula is C16H11Cl2N3O3S. The summed E-state index contributed by atoms with van der Waals surface area (Å²) in [5.41, 5.74) is 1.08. The highest BCUT2D eigenvalue weighted by atomic mass is 35.5. The van der Waals surface area contributed by atoms with Crippen molar-refractivity contribution in [2.45, 2.75) is 0 Å². The van der Waals surface area contributed by atoms with E-state index in [9.17, 15) is 14.9 Å². The van der Waals surface area contributed by atoms with Gasteiger partial charge in [0.2, 0.25) is 5.91 Å². The van der Waals surface area contributed by atoms with Crippen LogP contribution in [0.25, 0.3) is 6.08 Å². The van der Waals surface area contributed by atoms with Gasteiger partial charge >= 0.3 is 0 Å². The average molecular weight is 396 g/mol. The Bertz CT molecular complexity index is 854. The van der Waals surface area contributed by atoms with Crippen molar-refractivity contribution in [3.05, 3.63) is 74.3 Å². The SMILES string of the molecule is O=C(/C=C/c1ccc([N+](=O)[O-])cc1)NC(=S)Nc1cc(Cl)ccc1Cl. The second-order valence-corrected chi connectivity index (χ2v) is 6.00. The summed E-state index contributed by atoms with van der Waals surface area (Å²) in [5.74, 6) is -0.464. The lowest BCUT2D eigenvalue weighted by molar-refractivity contribution is -0.384. The summed E-state index contributed by atoms with van der Waals surface area (Å²) in [6.07, 6.45) is 2.77. The fourth-order valence-electron chi connectivity index (χ4n) is 1.78. The Hall–Kier alpha value is -2.48. The third kappa shape index (κ3) is 5.82. The molecule has 0 saturated heterocycles. The smallest absolute Gasteiger partial charge is 0.269 e. The summed E-state index contributed by atoms with van der Waals surface area (Å²) >= 11 is 16.9. The van der Waals surface area contributed by atoms with Gasteiger partial charge in [-0.1, -0.05) is 23.2 Å². The van der Waals surface area contributed by atoms with E-state index < -0.39 is 10.8 Å². The molecule has 0 atom stereocenters. The number of hydrogen-bond acceptors (Lipinski definition) is 4. The minimum atomic E-state index is -0.495. The Kier molecular flexibility index (Phi) is 6.46. The van der Waals surface area contributed by atoms with Gasteiger partial charge < -0.3 is 5.32 Å². The number of anilines is 1. The zero-order chi connectivity index (χ0) is 18.4. The van der Waals surface area contributed by atoms with Crippen LogP contribution in [0.15, 0.2) is 48.5 Å². The van der Waals surface area contributed by atoms with E-state index in [1.54, 1.807) is 18.2 Å². The van der Waals surface area contributed by atoms with Crippen molar-refractivity contribution in [1.29, 1.82) is 0 Å². The maximum Gasteiger partial charge on any atom is 0.269 e. The first-order valence-electron chi connectivity index (χ1n) is 6.85. The number of hydrogen-bond donors (Lipinski definition) is 2. The van der Waals surface area contributed by atoms with Crippen molar-refractivity contribution >= 4 is 63.9 Å². The predicted octanol–water partition coefficient (Wildman–Crippen LogP) is 4.43. The molecule has 128 valence electrons. The van der Waals surface area contributed by atoms with Gasteiger partial charge in [-0.05, 0) is 54.2 Å².